The molecule has 10 heteroatoms. The van der Waals surface area contributed by atoms with Crippen LogP contribution in [0.5, 0.6) is 0 Å². The van der Waals surface area contributed by atoms with Crippen molar-refractivity contribution >= 4 is 17.3 Å². The number of pyridine rings is 1. The van der Waals surface area contributed by atoms with Crippen molar-refractivity contribution in [3.63, 3.8) is 0 Å². The highest BCUT2D eigenvalue weighted by atomic mass is 16.6. The molecule has 10 nitrogen and oxygen atoms in total. The standard InChI is InChI=1S/C17H17N5O5/c1-10-5-4-6-20-14(23)7-13(18-17(10)20)9-27-15(24)8-21-12(3)16(22(25)26)11(2)19-21/h4-7H,8-9H2,1-3H3. The Balaban J connectivity index is 1.74. The molecule has 140 valence electrons. The molecule has 0 unspecified atom stereocenters. The van der Waals surface area contributed by atoms with E-state index in [-0.39, 0.29) is 35.8 Å². The molecule has 0 aliphatic rings. The average Bonchev–Trinajstić information content (AvgIpc) is 2.87. The van der Waals surface area contributed by atoms with E-state index in [0.717, 1.165) is 5.56 Å². The van der Waals surface area contributed by atoms with Crippen LogP contribution in [0.1, 0.15) is 22.6 Å². The van der Waals surface area contributed by atoms with Crippen molar-refractivity contribution in [3.8, 4) is 0 Å². The first kappa shape index (κ1) is 18.2. The molecule has 0 radical (unpaired) electrons. The van der Waals surface area contributed by atoms with Gasteiger partial charge in [-0.3, -0.25) is 28.8 Å². The minimum atomic E-state index is -0.637. The summed E-state index contributed by atoms with van der Waals surface area (Å²) in [5, 5.41) is 15.0. The third-order valence-corrected chi connectivity index (χ3v) is 4.13. The van der Waals surface area contributed by atoms with Crippen LogP contribution < -0.4 is 5.56 Å². The molecule has 3 heterocycles. The monoisotopic (exact) mass is 371 g/mol. The van der Waals surface area contributed by atoms with Crippen LogP contribution in [0, 0.1) is 30.9 Å². The first-order chi connectivity index (χ1) is 12.8. The van der Waals surface area contributed by atoms with Gasteiger partial charge >= 0.3 is 11.7 Å². The Labute approximate surface area is 153 Å². The molecule has 0 fully saturated rings. The highest BCUT2D eigenvalue weighted by molar-refractivity contribution is 5.69. The quantitative estimate of drug-likeness (QED) is 0.378. The van der Waals surface area contributed by atoms with Gasteiger partial charge in [-0.15, -0.1) is 0 Å². The van der Waals surface area contributed by atoms with E-state index < -0.39 is 10.9 Å². The number of ether oxygens (including phenoxy) is 1. The zero-order chi connectivity index (χ0) is 19.7. The van der Waals surface area contributed by atoms with E-state index in [1.165, 1.54) is 29.0 Å². The number of carbonyl (C=O) groups excluding carboxylic acids is 1. The maximum atomic E-state index is 12.1. The predicted octanol–water partition coefficient (Wildman–Crippen LogP) is 1.47. The largest absolute Gasteiger partial charge is 0.458 e. The molecule has 0 saturated heterocycles. The van der Waals surface area contributed by atoms with Crippen molar-refractivity contribution in [1.82, 2.24) is 19.2 Å². The van der Waals surface area contributed by atoms with E-state index in [9.17, 15) is 19.7 Å². The zero-order valence-corrected chi connectivity index (χ0v) is 15.0. The van der Waals surface area contributed by atoms with Gasteiger partial charge < -0.3 is 4.74 Å². The molecule has 27 heavy (non-hydrogen) atoms. The number of rotatable bonds is 5. The fourth-order valence-electron chi connectivity index (χ4n) is 2.81. The third-order valence-electron chi connectivity index (χ3n) is 4.13. The number of esters is 1. The number of aryl methyl sites for hydroxylation is 2. The second-order valence-electron chi connectivity index (χ2n) is 6.07. The number of aromatic nitrogens is 4. The summed E-state index contributed by atoms with van der Waals surface area (Å²) in [6.07, 6.45) is 1.61. The minimum absolute atomic E-state index is 0.123. The summed E-state index contributed by atoms with van der Waals surface area (Å²) < 4.78 is 7.80. The fourth-order valence-corrected chi connectivity index (χ4v) is 2.81. The molecule has 0 atom stereocenters. The van der Waals surface area contributed by atoms with Crippen molar-refractivity contribution in [3.05, 3.63) is 67.5 Å². The van der Waals surface area contributed by atoms with Gasteiger partial charge in [0.05, 0.1) is 10.6 Å². The Morgan fingerprint density at radius 2 is 2.07 bits per heavy atom. The lowest BCUT2D eigenvalue weighted by Gasteiger charge is -2.08. The molecule has 0 saturated carbocycles. The summed E-state index contributed by atoms with van der Waals surface area (Å²) in [6.45, 7) is 4.39. The molecule has 3 aromatic heterocycles. The fraction of sp³-hybridized carbons (Fsp3) is 0.294. The smallest absolute Gasteiger partial charge is 0.328 e. The lowest BCUT2D eigenvalue weighted by atomic mass is 10.3. The summed E-state index contributed by atoms with van der Waals surface area (Å²) in [7, 11) is 0. The summed E-state index contributed by atoms with van der Waals surface area (Å²) >= 11 is 0. The van der Waals surface area contributed by atoms with Gasteiger partial charge in [0.2, 0.25) is 0 Å². The second kappa shape index (κ2) is 6.98. The summed E-state index contributed by atoms with van der Waals surface area (Å²) in [6, 6.07) is 4.87. The van der Waals surface area contributed by atoms with Gasteiger partial charge in [-0.05, 0) is 32.4 Å². The topological polar surface area (TPSA) is 122 Å². The number of carbonyl (C=O) groups is 1. The highest BCUT2D eigenvalue weighted by Gasteiger charge is 2.23. The Bertz CT molecular complexity index is 1110. The van der Waals surface area contributed by atoms with Gasteiger partial charge in [0.25, 0.3) is 5.56 Å². The Morgan fingerprint density at radius 3 is 2.74 bits per heavy atom. The van der Waals surface area contributed by atoms with E-state index >= 15 is 0 Å². The molecule has 3 aromatic rings. The van der Waals surface area contributed by atoms with Gasteiger partial charge in [0.15, 0.2) is 0 Å². The molecule has 0 spiro atoms. The Hall–Kier alpha value is -3.56. The number of nitrogens with zero attached hydrogens (tertiary/aromatic N) is 5. The first-order valence-corrected chi connectivity index (χ1v) is 8.10. The molecule has 0 amide bonds. The number of nitro groups is 1. The minimum Gasteiger partial charge on any atom is -0.458 e. The average molecular weight is 371 g/mol. The molecule has 0 N–H and O–H groups in total. The van der Waals surface area contributed by atoms with Crippen LogP contribution in [-0.2, 0) is 22.7 Å². The zero-order valence-electron chi connectivity index (χ0n) is 15.0. The number of hydrogen-bond acceptors (Lipinski definition) is 7. The van der Waals surface area contributed by atoms with E-state index in [1.807, 2.05) is 13.0 Å². The predicted molar refractivity (Wildman–Crippen MR) is 94.4 cm³/mol. The van der Waals surface area contributed by atoms with Crippen LogP contribution in [0.3, 0.4) is 0 Å². The van der Waals surface area contributed by atoms with E-state index in [4.69, 9.17) is 4.74 Å². The van der Waals surface area contributed by atoms with Crippen LogP contribution in [0.15, 0.2) is 29.2 Å². The molecular weight excluding hydrogens is 354 g/mol. The maximum absolute atomic E-state index is 12.1. The second-order valence-corrected chi connectivity index (χ2v) is 6.07. The van der Waals surface area contributed by atoms with Crippen molar-refractivity contribution < 1.29 is 14.5 Å². The molecule has 0 aliphatic heterocycles. The van der Waals surface area contributed by atoms with Gasteiger partial charge in [-0.2, -0.15) is 5.10 Å². The van der Waals surface area contributed by atoms with Crippen molar-refractivity contribution in [2.24, 2.45) is 0 Å². The molecule has 0 aliphatic carbocycles. The van der Waals surface area contributed by atoms with Crippen molar-refractivity contribution in [2.75, 3.05) is 0 Å². The lowest BCUT2D eigenvalue weighted by molar-refractivity contribution is -0.386. The summed E-state index contributed by atoms with van der Waals surface area (Å²) in [4.78, 5) is 39.0. The molecule has 0 aromatic carbocycles. The lowest BCUT2D eigenvalue weighted by Crippen LogP contribution is -2.19. The Morgan fingerprint density at radius 1 is 1.33 bits per heavy atom. The summed E-state index contributed by atoms with van der Waals surface area (Å²) in [5.74, 6) is -0.637. The van der Waals surface area contributed by atoms with Crippen LogP contribution in [0.4, 0.5) is 5.69 Å². The third kappa shape index (κ3) is 3.54. The summed E-state index contributed by atoms with van der Waals surface area (Å²) in [5.41, 5.74) is 1.73. The van der Waals surface area contributed by atoms with Gasteiger partial charge in [-0.1, -0.05) is 6.07 Å². The van der Waals surface area contributed by atoms with E-state index in [1.54, 1.807) is 12.3 Å². The van der Waals surface area contributed by atoms with Crippen LogP contribution >= 0.6 is 0 Å². The van der Waals surface area contributed by atoms with Gasteiger partial charge in [-0.25, -0.2) is 4.98 Å². The molecular formula is C17H17N5O5. The van der Waals surface area contributed by atoms with Crippen LogP contribution in [-0.4, -0.2) is 30.1 Å². The highest BCUT2D eigenvalue weighted by Crippen LogP contribution is 2.21. The Kier molecular flexibility index (Phi) is 4.72. The van der Waals surface area contributed by atoms with E-state index in [2.05, 4.69) is 10.1 Å². The normalized spacial score (nSPS) is 10.9. The molecule has 0 bridgehead atoms. The molecule has 3 rings (SSSR count). The number of fused-ring (bicyclic) bond motifs is 1. The van der Waals surface area contributed by atoms with Crippen molar-refractivity contribution in [2.45, 2.75) is 33.9 Å². The van der Waals surface area contributed by atoms with Crippen LogP contribution in [0.2, 0.25) is 0 Å². The van der Waals surface area contributed by atoms with Gasteiger partial charge in [0.1, 0.15) is 30.2 Å². The van der Waals surface area contributed by atoms with Gasteiger partial charge in [0, 0.05) is 12.3 Å². The number of hydrogen-bond donors (Lipinski definition) is 0. The maximum Gasteiger partial charge on any atom is 0.328 e. The van der Waals surface area contributed by atoms with Crippen molar-refractivity contribution in [1.29, 1.82) is 0 Å². The first-order valence-electron chi connectivity index (χ1n) is 8.10. The SMILES string of the molecule is Cc1nn(CC(=O)OCc2cc(=O)n3cccc(C)c3n2)c(C)c1[N+](=O)[O-]. The van der Waals surface area contributed by atoms with E-state index in [0.29, 0.717) is 11.3 Å². The van der Waals surface area contributed by atoms with Crippen LogP contribution in [0.25, 0.3) is 5.65 Å².